The van der Waals surface area contributed by atoms with Crippen LogP contribution in [0.5, 0.6) is 0 Å². The standard InChI is InChI=1S/C21H22N4O2/c1-14-13-17(16-5-3-4-6-18(16)23-14)21(27)25-11-8-15(9-12-25)20(26)19-7-10-22-24(19)2/h3-7,10,13,15H,8-9,11-12H2,1-2H3. The van der Waals surface area contributed by atoms with Crippen LogP contribution in [0.15, 0.2) is 42.6 Å². The molecule has 1 saturated heterocycles. The number of aryl methyl sites for hydroxylation is 2. The maximum atomic E-state index is 13.1. The van der Waals surface area contributed by atoms with Crippen LogP contribution in [-0.2, 0) is 7.05 Å². The summed E-state index contributed by atoms with van der Waals surface area (Å²) >= 11 is 0. The molecule has 4 rings (SSSR count). The normalized spacial score (nSPS) is 15.3. The van der Waals surface area contributed by atoms with Crippen LogP contribution in [0, 0.1) is 12.8 Å². The number of hydrogen-bond donors (Lipinski definition) is 0. The molecule has 0 bridgehead atoms. The fourth-order valence-electron chi connectivity index (χ4n) is 3.82. The van der Waals surface area contributed by atoms with Gasteiger partial charge in [-0.3, -0.25) is 19.3 Å². The number of hydrogen-bond acceptors (Lipinski definition) is 4. The van der Waals surface area contributed by atoms with Crippen molar-refractivity contribution in [1.29, 1.82) is 0 Å². The molecule has 6 nitrogen and oxygen atoms in total. The second-order valence-corrected chi connectivity index (χ2v) is 7.10. The van der Waals surface area contributed by atoms with Gasteiger partial charge in [-0.2, -0.15) is 5.10 Å². The predicted molar refractivity (Wildman–Crippen MR) is 103 cm³/mol. The van der Waals surface area contributed by atoms with Gasteiger partial charge in [0, 0.05) is 43.3 Å². The minimum atomic E-state index is -0.0552. The smallest absolute Gasteiger partial charge is 0.254 e. The first-order valence-corrected chi connectivity index (χ1v) is 9.22. The summed E-state index contributed by atoms with van der Waals surface area (Å²) < 4.78 is 1.62. The summed E-state index contributed by atoms with van der Waals surface area (Å²) in [4.78, 5) is 32.2. The lowest BCUT2D eigenvalue weighted by atomic mass is 9.90. The maximum absolute atomic E-state index is 13.1. The fraction of sp³-hybridized carbons (Fsp3) is 0.333. The zero-order valence-corrected chi connectivity index (χ0v) is 15.6. The van der Waals surface area contributed by atoms with Crippen LogP contribution in [0.4, 0.5) is 0 Å². The van der Waals surface area contributed by atoms with E-state index in [0.29, 0.717) is 37.2 Å². The highest BCUT2D eigenvalue weighted by Crippen LogP contribution is 2.25. The molecule has 1 amide bonds. The molecule has 2 aromatic heterocycles. The molecular weight excluding hydrogens is 340 g/mol. The van der Waals surface area contributed by atoms with Crippen molar-refractivity contribution in [3.63, 3.8) is 0 Å². The number of pyridine rings is 1. The highest BCUT2D eigenvalue weighted by molar-refractivity contribution is 6.06. The van der Waals surface area contributed by atoms with Gasteiger partial charge in [-0.05, 0) is 38.0 Å². The summed E-state index contributed by atoms with van der Waals surface area (Å²) in [7, 11) is 1.78. The molecule has 0 unspecified atom stereocenters. The van der Waals surface area contributed by atoms with Gasteiger partial charge in [0.05, 0.1) is 11.1 Å². The van der Waals surface area contributed by atoms with E-state index < -0.39 is 0 Å². The molecule has 0 aliphatic carbocycles. The highest BCUT2D eigenvalue weighted by Gasteiger charge is 2.30. The predicted octanol–water partition coefficient (Wildman–Crippen LogP) is 3.01. The Morgan fingerprint density at radius 1 is 1.11 bits per heavy atom. The van der Waals surface area contributed by atoms with E-state index in [1.807, 2.05) is 42.2 Å². The van der Waals surface area contributed by atoms with E-state index in [2.05, 4.69) is 10.1 Å². The van der Waals surface area contributed by atoms with Crippen molar-refractivity contribution >= 4 is 22.6 Å². The van der Waals surface area contributed by atoms with Gasteiger partial charge in [0.1, 0.15) is 5.69 Å². The summed E-state index contributed by atoms with van der Waals surface area (Å²) in [6, 6.07) is 11.3. The monoisotopic (exact) mass is 362 g/mol. The number of nitrogens with zero attached hydrogens (tertiary/aromatic N) is 4. The molecule has 138 valence electrons. The van der Waals surface area contributed by atoms with Gasteiger partial charge in [-0.15, -0.1) is 0 Å². The Bertz CT molecular complexity index is 1020. The molecule has 0 N–H and O–H groups in total. The van der Waals surface area contributed by atoms with Gasteiger partial charge < -0.3 is 4.90 Å². The zero-order valence-electron chi connectivity index (χ0n) is 15.6. The number of ketones is 1. The maximum Gasteiger partial charge on any atom is 0.254 e. The Labute approximate surface area is 157 Å². The van der Waals surface area contributed by atoms with Crippen LogP contribution < -0.4 is 0 Å². The molecule has 6 heteroatoms. The molecule has 1 aliphatic heterocycles. The van der Waals surface area contributed by atoms with Crippen molar-refractivity contribution in [2.24, 2.45) is 13.0 Å². The lowest BCUT2D eigenvalue weighted by molar-refractivity contribution is 0.0649. The van der Waals surface area contributed by atoms with Crippen molar-refractivity contribution < 1.29 is 9.59 Å². The van der Waals surface area contributed by atoms with Crippen molar-refractivity contribution in [1.82, 2.24) is 19.7 Å². The number of carbonyl (C=O) groups is 2. The van der Waals surface area contributed by atoms with Crippen LogP contribution in [0.2, 0.25) is 0 Å². The van der Waals surface area contributed by atoms with Crippen LogP contribution in [-0.4, -0.2) is 44.4 Å². The number of rotatable bonds is 3. The first-order valence-electron chi connectivity index (χ1n) is 9.22. The zero-order chi connectivity index (χ0) is 19.0. The number of likely N-dealkylation sites (tertiary alicyclic amines) is 1. The van der Waals surface area contributed by atoms with E-state index in [0.717, 1.165) is 16.6 Å². The largest absolute Gasteiger partial charge is 0.339 e. The van der Waals surface area contributed by atoms with Gasteiger partial charge >= 0.3 is 0 Å². The Balaban J connectivity index is 1.51. The first-order chi connectivity index (χ1) is 13.0. The number of amides is 1. The molecule has 1 aliphatic rings. The second kappa shape index (κ2) is 6.95. The van der Waals surface area contributed by atoms with Crippen LogP contribution in [0.3, 0.4) is 0 Å². The SMILES string of the molecule is Cc1cc(C(=O)N2CCC(C(=O)c3ccnn3C)CC2)c2ccccc2n1. The van der Waals surface area contributed by atoms with Crippen molar-refractivity contribution in [2.75, 3.05) is 13.1 Å². The average Bonchev–Trinajstić information content (AvgIpc) is 3.12. The van der Waals surface area contributed by atoms with Crippen molar-refractivity contribution in [3.05, 3.63) is 59.5 Å². The Hall–Kier alpha value is -3.02. The molecule has 0 spiro atoms. The van der Waals surface area contributed by atoms with E-state index in [9.17, 15) is 9.59 Å². The number of aromatic nitrogens is 3. The van der Waals surface area contributed by atoms with Gasteiger partial charge in [0.15, 0.2) is 5.78 Å². The third kappa shape index (κ3) is 3.23. The number of para-hydroxylation sites is 1. The number of fused-ring (bicyclic) bond motifs is 1. The summed E-state index contributed by atoms with van der Waals surface area (Å²) in [5, 5.41) is 4.95. The van der Waals surface area contributed by atoms with E-state index in [1.165, 1.54) is 0 Å². The number of benzene rings is 1. The summed E-state index contributed by atoms with van der Waals surface area (Å²) in [6.07, 6.45) is 3.00. The lowest BCUT2D eigenvalue weighted by Crippen LogP contribution is -2.40. The number of piperidine rings is 1. The molecule has 27 heavy (non-hydrogen) atoms. The summed E-state index contributed by atoms with van der Waals surface area (Å²) in [5.74, 6) is 0.0795. The third-order valence-electron chi connectivity index (χ3n) is 5.30. The van der Waals surface area contributed by atoms with Crippen molar-refractivity contribution in [3.8, 4) is 0 Å². The van der Waals surface area contributed by atoms with Crippen LogP contribution >= 0.6 is 0 Å². The van der Waals surface area contributed by atoms with Gasteiger partial charge in [0.2, 0.25) is 0 Å². The number of carbonyl (C=O) groups excluding carboxylic acids is 2. The van der Waals surface area contributed by atoms with Gasteiger partial charge in [0.25, 0.3) is 5.91 Å². The molecule has 1 aromatic carbocycles. The van der Waals surface area contributed by atoms with E-state index >= 15 is 0 Å². The molecular formula is C21H22N4O2. The molecule has 1 fully saturated rings. The molecule has 0 saturated carbocycles. The van der Waals surface area contributed by atoms with E-state index in [-0.39, 0.29) is 17.6 Å². The van der Waals surface area contributed by atoms with Gasteiger partial charge in [-0.1, -0.05) is 18.2 Å². The first kappa shape index (κ1) is 17.4. The Kier molecular flexibility index (Phi) is 4.48. The third-order valence-corrected chi connectivity index (χ3v) is 5.30. The fourth-order valence-corrected chi connectivity index (χ4v) is 3.82. The van der Waals surface area contributed by atoms with Crippen LogP contribution in [0.25, 0.3) is 10.9 Å². The van der Waals surface area contributed by atoms with E-state index in [1.54, 1.807) is 24.0 Å². The number of Topliss-reactive ketones (excluding diaryl/α,β-unsaturated/α-hetero) is 1. The highest BCUT2D eigenvalue weighted by atomic mass is 16.2. The van der Waals surface area contributed by atoms with Crippen molar-refractivity contribution in [2.45, 2.75) is 19.8 Å². The molecule has 0 radical (unpaired) electrons. The minimum Gasteiger partial charge on any atom is -0.339 e. The Morgan fingerprint density at radius 2 is 1.85 bits per heavy atom. The Morgan fingerprint density at radius 3 is 2.56 bits per heavy atom. The molecule has 3 aromatic rings. The average molecular weight is 362 g/mol. The lowest BCUT2D eigenvalue weighted by Gasteiger charge is -2.31. The summed E-state index contributed by atoms with van der Waals surface area (Å²) in [6.45, 7) is 3.08. The second-order valence-electron chi connectivity index (χ2n) is 7.10. The van der Waals surface area contributed by atoms with Crippen LogP contribution in [0.1, 0.15) is 39.4 Å². The topological polar surface area (TPSA) is 68.1 Å². The molecule has 3 heterocycles. The molecule has 0 atom stereocenters. The van der Waals surface area contributed by atoms with E-state index in [4.69, 9.17) is 0 Å². The van der Waals surface area contributed by atoms with Gasteiger partial charge in [-0.25, -0.2) is 0 Å². The summed E-state index contributed by atoms with van der Waals surface area (Å²) in [5.41, 5.74) is 2.99. The quantitative estimate of drug-likeness (QED) is 0.672. The minimum absolute atomic E-state index is 0.0168.